The van der Waals surface area contributed by atoms with Crippen LogP contribution in [0.15, 0.2) is 12.1 Å². The lowest BCUT2D eigenvalue weighted by Gasteiger charge is -2.33. The maximum Gasteiger partial charge on any atom is 0.231 e. The fraction of sp³-hybridized carbons (Fsp3) is 0.455. The molecule has 2 N–H and O–H groups in total. The minimum absolute atomic E-state index is 0.0594. The van der Waals surface area contributed by atoms with Crippen molar-refractivity contribution in [1.82, 2.24) is 0 Å². The first-order chi connectivity index (χ1) is 13.9. The molecule has 156 valence electrons. The van der Waals surface area contributed by atoms with Gasteiger partial charge in [0, 0.05) is 11.1 Å². The van der Waals surface area contributed by atoms with E-state index in [1.165, 1.54) is 14.2 Å². The van der Waals surface area contributed by atoms with E-state index in [4.69, 9.17) is 23.7 Å². The molecule has 0 bridgehead atoms. The molecule has 1 aliphatic carbocycles. The Morgan fingerprint density at radius 3 is 2.28 bits per heavy atom. The fourth-order valence-corrected chi connectivity index (χ4v) is 4.35. The smallest absolute Gasteiger partial charge is 0.231 e. The number of rotatable bonds is 3. The van der Waals surface area contributed by atoms with Crippen LogP contribution in [0.25, 0.3) is 11.1 Å². The monoisotopic (exact) mass is 402 g/mol. The van der Waals surface area contributed by atoms with Crippen LogP contribution < -0.4 is 23.7 Å². The van der Waals surface area contributed by atoms with Crippen molar-refractivity contribution in [3.63, 3.8) is 0 Å². The van der Waals surface area contributed by atoms with Crippen molar-refractivity contribution in [2.45, 2.75) is 26.4 Å². The summed E-state index contributed by atoms with van der Waals surface area (Å²) in [5, 5.41) is 21.7. The lowest BCUT2D eigenvalue weighted by molar-refractivity contribution is 0.0863. The van der Waals surface area contributed by atoms with E-state index in [0.29, 0.717) is 40.5 Å². The van der Waals surface area contributed by atoms with Gasteiger partial charge in [-0.05, 0) is 41.5 Å². The Morgan fingerprint density at radius 1 is 0.931 bits per heavy atom. The Labute approximate surface area is 169 Å². The standard InChI is InChI=1S/C22H26O7/c1-10-6-12-7-15-20(29-9-28-15)21(26-4)16(12)17-13(18(24)11(10)2)8-14(23)19(25-3)22(17)27-5/h7-8,10-11,18,23-24H,6,9H2,1-5H3/t10-,11-,18+/m1/s1. The number of fused-ring (bicyclic) bond motifs is 4. The molecule has 2 aliphatic rings. The maximum atomic E-state index is 11.2. The molecule has 0 spiro atoms. The molecule has 1 heterocycles. The van der Waals surface area contributed by atoms with Crippen LogP contribution in [0.1, 0.15) is 31.1 Å². The van der Waals surface area contributed by atoms with E-state index in [0.717, 1.165) is 11.1 Å². The van der Waals surface area contributed by atoms with Crippen molar-refractivity contribution in [3.05, 3.63) is 23.3 Å². The van der Waals surface area contributed by atoms with Crippen LogP contribution in [0.3, 0.4) is 0 Å². The van der Waals surface area contributed by atoms with Crippen molar-refractivity contribution in [1.29, 1.82) is 0 Å². The van der Waals surface area contributed by atoms with Gasteiger partial charge in [-0.25, -0.2) is 0 Å². The molecule has 4 rings (SSSR count). The summed E-state index contributed by atoms with van der Waals surface area (Å²) >= 11 is 0. The Kier molecular flexibility index (Phi) is 4.86. The van der Waals surface area contributed by atoms with E-state index in [1.54, 1.807) is 13.2 Å². The number of phenols is 1. The molecule has 2 aromatic carbocycles. The van der Waals surface area contributed by atoms with Crippen LogP contribution >= 0.6 is 0 Å². The Morgan fingerprint density at radius 2 is 1.62 bits per heavy atom. The molecular formula is C22H26O7. The van der Waals surface area contributed by atoms with E-state index >= 15 is 0 Å². The first-order valence-electron chi connectivity index (χ1n) is 9.58. The number of aromatic hydroxyl groups is 1. The van der Waals surface area contributed by atoms with Gasteiger partial charge in [0.1, 0.15) is 0 Å². The zero-order chi connectivity index (χ0) is 20.9. The molecule has 3 atom stereocenters. The quantitative estimate of drug-likeness (QED) is 0.810. The predicted molar refractivity (Wildman–Crippen MR) is 106 cm³/mol. The summed E-state index contributed by atoms with van der Waals surface area (Å²) in [7, 11) is 4.54. The van der Waals surface area contributed by atoms with Gasteiger partial charge in [-0.2, -0.15) is 0 Å². The molecule has 0 amide bonds. The topological polar surface area (TPSA) is 86.6 Å². The molecule has 0 unspecified atom stereocenters. The molecule has 2 aromatic rings. The van der Waals surface area contributed by atoms with Gasteiger partial charge in [0.15, 0.2) is 23.0 Å². The number of aliphatic hydroxyl groups is 1. The summed E-state index contributed by atoms with van der Waals surface area (Å²) in [6, 6.07) is 3.51. The van der Waals surface area contributed by atoms with E-state index in [-0.39, 0.29) is 30.1 Å². The fourth-order valence-electron chi connectivity index (χ4n) is 4.35. The average Bonchev–Trinajstić information content (AvgIpc) is 3.18. The van der Waals surface area contributed by atoms with Crippen molar-refractivity contribution in [3.8, 4) is 45.6 Å². The number of methoxy groups -OCH3 is 3. The summed E-state index contributed by atoms with van der Waals surface area (Å²) < 4.78 is 28.1. The third-order valence-electron chi connectivity index (χ3n) is 6.07. The second-order valence-electron chi connectivity index (χ2n) is 7.59. The van der Waals surface area contributed by atoms with Crippen LogP contribution in [0.4, 0.5) is 0 Å². The molecule has 7 heteroatoms. The second-order valence-corrected chi connectivity index (χ2v) is 7.59. The molecule has 29 heavy (non-hydrogen) atoms. The second kappa shape index (κ2) is 7.22. The zero-order valence-electron chi connectivity index (χ0n) is 17.2. The first-order valence-corrected chi connectivity index (χ1v) is 9.58. The van der Waals surface area contributed by atoms with Gasteiger partial charge in [0.25, 0.3) is 0 Å². The number of phenolic OH excluding ortho intramolecular Hbond substituents is 1. The largest absolute Gasteiger partial charge is 0.504 e. The van der Waals surface area contributed by atoms with Gasteiger partial charge in [-0.3, -0.25) is 0 Å². The molecule has 0 radical (unpaired) electrons. The lowest BCUT2D eigenvalue weighted by atomic mass is 9.76. The zero-order valence-corrected chi connectivity index (χ0v) is 17.2. The SMILES string of the molecule is COc1c(O)cc2c(c1OC)-c1c(cc3c(c1OC)OCO3)C[C@@H](C)[C@@H](C)[C@@H]2O. The Balaban J connectivity index is 2.16. The summed E-state index contributed by atoms with van der Waals surface area (Å²) in [6.45, 7) is 4.22. The van der Waals surface area contributed by atoms with E-state index in [2.05, 4.69) is 6.92 Å². The summed E-state index contributed by atoms with van der Waals surface area (Å²) in [6.07, 6.45) is -0.110. The molecule has 0 saturated heterocycles. The normalized spacial score (nSPS) is 22.2. The number of benzene rings is 2. The van der Waals surface area contributed by atoms with Crippen LogP contribution in [0.5, 0.6) is 34.5 Å². The summed E-state index contributed by atoms with van der Waals surface area (Å²) in [5.41, 5.74) is 2.92. The minimum Gasteiger partial charge on any atom is -0.504 e. The average molecular weight is 402 g/mol. The summed E-state index contributed by atoms with van der Waals surface area (Å²) in [4.78, 5) is 0. The van der Waals surface area contributed by atoms with Gasteiger partial charge in [-0.1, -0.05) is 13.8 Å². The number of hydrogen-bond donors (Lipinski definition) is 2. The van der Waals surface area contributed by atoms with E-state index in [9.17, 15) is 10.2 Å². The summed E-state index contributed by atoms with van der Waals surface area (Å²) in [5.74, 6) is 2.20. The highest BCUT2D eigenvalue weighted by molar-refractivity contribution is 5.88. The van der Waals surface area contributed by atoms with Gasteiger partial charge < -0.3 is 33.9 Å². The third kappa shape index (κ3) is 2.83. The minimum atomic E-state index is -0.811. The molecule has 7 nitrogen and oxygen atoms in total. The van der Waals surface area contributed by atoms with Gasteiger partial charge in [-0.15, -0.1) is 0 Å². The van der Waals surface area contributed by atoms with Crippen molar-refractivity contribution >= 4 is 0 Å². The number of aliphatic hydroxyl groups excluding tert-OH is 1. The first kappa shape index (κ1) is 19.5. The molecule has 1 aliphatic heterocycles. The van der Waals surface area contributed by atoms with Gasteiger partial charge >= 0.3 is 0 Å². The van der Waals surface area contributed by atoms with Crippen LogP contribution in [0, 0.1) is 11.8 Å². The maximum absolute atomic E-state index is 11.2. The number of hydrogen-bond acceptors (Lipinski definition) is 7. The van der Waals surface area contributed by atoms with Crippen LogP contribution in [-0.4, -0.2) is 38.3 Å². The highest BCUT2D eigenvalue weighted by Crippen LogP contribution is 2.57. The Hall–Kier alpha value is -2.80. The molecule has 0 saturated carbocycles. The van der Waals surface area contributed by atoms with Crippen molar-refractivity contribution < 1.29 is 33.9 Å². The van der Waals surface area contributed by atoms with Gasteiger partial charge in [0.05, 0.1) is 27.4 Å². The third-order valence-corrected chi connectivity index (χ3v) is 6.07. The van der Waals surface area contributed by atoms with E-state index in [1.807, 2.05) is 13.0 Å². The van der Waals surface area contributed by atoms with Crippen molar-refractivity contribution in [2.75, 3.05) is 28.1 Å². The van der Waals surface area contributed by atoms with Crippen molar-refractivity contribution in [2.24, 2.45) is 11.8 Å². The highest BCUT2D eigenvalue weighted by atomic mass is 16.7. The highest BCUT2D eigenvalue weighted by Gasteiger charge is 2.37. The van der Waals surface area contributed by atoms with Crippen LogP contribution in [0.2, 0.25) is 0 Å². The Bertz CT molecular complexity index is 953. The molecular weight excluding hydrogens is 376 g/mol. The van der Waals surface area contributed by atoms with E-state index < -0.39 is 6.10 Å². The predicted octanol–water partition coefficient (Wildman–Crippen LogP) is 3.68. The number of ether oxygens (including phenoxy) is 5. The lowest BCUT2D eigenvalue weighted by Crippen LogP contribution is -2.22. The van der Waals surface area contributed by atoms with Crippen LogP contribution in [-0.2, 0) is 6.42 Å². The molecule has 0 fully saturated rings. The molecule has 0 aromatic heterocycles. The van der Waals surface area contributed by atoms with Gasteiger partial charge in [0.2, 0.25) is 18.3 Å².